The van der Waals surface area contributed by atoms with Crippen molar-refractivity contribution in [3.8, 4) is 0 Å². The molecule has 0 aliphatic carbocycles. The minimum Gasteiger partial charge on any atom is -0.456 e. The van der Waals surface area contributed by atoms with Gasteiger partial charge in [0.05, 0.1) is 33.8 Å². The van der Waals surface area contributed by atoms with Gasteiger partial charge < -0.3 is 19.4 Å². The van der Waals surface area contributed by atoms with Gasteiger partial charge in [0.2, 0.25) is 5.91 Å². The first kappa shape index (κ1) is 72.2. The summed E-state index contributed by atoms with van der Waals surface area (Å²) in [6.45, 7) is 6.84. The number of unbranched alkanes of at least 4 members (excludes halogenated alkanes) is 27. The molecule has 0 aromatic rings. The van der Waals surface area contributed by atoms with Crippen LogP contribution in [0, 0.1) is 0 Å². The van der Waals surface area contributed by atoms with Crippen LogP contribution >= 0.6 is 7.82 Å². The van der Waals surface area contributed by atoms with Crippen molar-refractivity contribution in [3.05, 3.63) is 85.1 Å². The fraction of sp³-hybridized carbons (Fsp3) is 0.754. The van der Waals surface area contributed by atoms with E-state index in [1.165, 1.54) is 116 Å². The Labute approximate surface area is 463 Å². The van der Waals surface area contributed by atoms with Crippen molar-refractivity contribution < 1.29 is 37.3 Å². The second-order valence-electron chi connectivity index (χ2n) is 21.8. The maximum atomic E-state index is 13.5. The molecule has 0 rings (SSSR count). The number of carbonyl (C=O) groups is 2. The van der Waals surface area contributed by atoms with Crippen LogP contribution in [0.25, 0.3) is 0 Å². The Kier molecular flexibility index (Phi) is 52.5. The molecule has 9 nitrogen and oxygen atoms in total. The predicted octanol–water partition coefficient (Wildman–Crippen LogP) is 19.0. The molecule has 0 aromatic heterocycles. The van der Waals surface area contributed by atoms with Crippen molar-refractivity contribution in [2.75, 3.05) is 40.9 Å². The number of phosphoric ester groups is 1. The number of nitrogens with zero attached hydrogens (tertiary/aromatic N) is 1. The van der Waals surface area contributed by atoms with Crippen LogP contribution in [0.1, 0.15) is 265 Å². The highest BCUT2D eigenvalue weighted by Crippen LogP contribution is 2.43. The van der Waals surface area contributed by atoms with Crippen LogP contribution in [0.15, 0.2) is 85.1 Å². The zero-order valence-corrected chi connectivity index (χ0v) is 50.4. The lowest BCUT2D eigenvalue weighted by Gasteiger charge is -2.27. The molecular formula is C65H118N2O7P+. The van der Waals surface area contributed by atoms with Gasteiger partial charge in [0.15, 0.2) is 0 Å². The Morgan fingerprint density at radius 2 is 0.867 bits per heavy atom. The molecule has 0 radical (unpaired) electrons. The van der Waals surface area contributed by atoms with E-state index in [4.69, 9.17) is 13.8 Å². The summed E-state index contributed by atoms with van der Waals surface area (Å²) in [5, 5.41) is 3.04. The first-order valence-corrected chi connectivity index (χ1v) is 32.4. The predicted molar refractivity (Wildman–Crippen MR) is 323 cm³/mol. The maximum absolute atomic E-state index is 13.5. The first-order valence-electron chi connectivity index (χ1n) is 30.9. The summed E-state index contributed by atoms with van der Waals surface area (Å²) in [7, 11) is 1.48. The van der Waals surface area contributed by atoms with Gasteiger partial charge in [0.1, 0.15) is 19.3 Å². The van der Waals surface area contributed by atoms with Crippen molar-refractivity contribution in [1.29, 1.82) is 0 Å². The van der Waals surface area contributed by atoms with Crippen LogP contribution in [0.4, 0.5) is 0 Å². The van der Waals surface area contributed by atoms with Crippen molar-refractivity contribution >= 4 is 19.7 Å². The number of allylic oxidation sites excluding steroid dienone is 13. The van der Waals surface area contributed by atoms with Crippen LogP contribution in [-0.2, 0) is 27.9 Å². The van der Waals surface area contributed by atoms with Crippen LogP contribution in [0.3, 0.4) is 0 Å². The number of esters is 1. The standard InChI is InChI=1S/C65H117N2O7P/c1-7-10-13-16-19-22-25-26-27-28-29-30-31-32-33-34-35-36-37-38-39-40-43-46-49-52-55-58-65(69)74-63(56-53-50-47-44-41-23-20-17-14-11-8-2)62(61-73-75(70,71)72-60-59-67(4,5)6)66-64(68)57-54-51-48-45-42-24-21-18-15-12-9-3/h10,13,18-19,21-22,26-27,29-30,32-33,53,56,62-63H,7-9,11-12,14-17,20,23-25,28,31,34-52,54-55,57-61H2,1-6H3,(H-,66,68,70,71)/p+1/b13-10-,21-18-,22-19-,27-26-,30-29-,33-32-,56-53-. The Morgan fingerprint density at radius 3 is 1.33 bits per heavy atom. The molecule has 2 N–H and O–H groups in total. The van der Waals surface area contributed by atoms with Gasteiger partial charge in [-0.2, -0.15) is 0 Å². The highest BCUT2D eigenvalue weighted by atomic mass is 31.2. The van der Waals surface area contributed by atoms with E-state index in [0.29, 0.717) is 17.4 Å². The van der Waals surface area contributed by atoms with E-state index in [-0.39, 0.29) is 31.5 Å². The van der Waals surface area contributed by atoms with Gasteiger partial charge in [-0.25, -0.2) is 4.57 Å². The van der Waals surface area contributed by atoms with Gasteiger partial charge in [-0.05, 0) is 96.0 Å². The molecule has 1 amide bonds. The molecule has 0 bridgehead atoms. The molecule has 0 spiro atoms. The molecule has 0 heterocycles. The number of amides is 1. The average molecular weight is 1070 g/mol. The largest absolute Gasteiger partial charge is 0.472 e. The van der Waals surface area contributed by atoms with Gasteiger partial charge in [-0.15, -0.1) is 0 Å². The first-order chi connectivity index (χ1) is 36.4. The molecule has 0 aromatic carbocycles. The number of nitrogens with one attached hydrogen (secondary N) is 1. The fourth-order valence-corrected chi connectivity index (χ4v) is 9.27. The summed E-state index contributed by atoms with van der Waals surface area (Å²) in [5.41, 5.74) is 0. The third-order valence-electron chi connectivity index (χ3n) is 13.3. The van der Waals surface area contributed by atoms with E-state index in [0.717, 1.165) is 116 Å². The maximum Gasteiger partial charge on any atom is 0.472 e. The summed E-state index contributed by atoms with van der Waals surface area (Å²) in [5.74, 6) is -0.522. The van der Waals surface area contributed by atoms with Crippen molar-refractivity contribution in [1.82, 2.24) is 5.32 Å². The number of hydrogen-bond acceptors (Lipinski definition) is 6. The molecule has 0 aliphatic rings. The summed E-state index contributed by atoms with van der Waals surface area (Å²) >= 11 is 0. The summed E-state index contributed by atoms with van der Waals surface area (Å²) in [6.07, 6.45) is 71.6. The summed E-state index contributed by atoms with van der Waals surface area (Å²) in [4.78, 5) is 37.6. The van der Waals surface area contributed by atoms with Gasteiger partial charge in [-0.1, -0.05) is 241 Å². The topological polar surface area (TPSA) is 111 Å². The Morgan fingerprint density at radius 1 is 0.480 bits per heavy atom. The highest BCUT2D eigenvalue weighted by molar-refractivity contribution is 7.47. The molecule has 434 valence electrons. The van der Waals surface area contributed by atoms with E-state index < -0.39 is 20.0 Å². The van der Waals surface area contributed by atoms with Gasteiger partial charge in [0, 0.05) is 12.8 Å². The number of quaternary nitrogens is 1. The molecule has 3 atom stereocenters. The fourth-order valence-electron chi connectivity index (χ4n) is 8.54. The third-order valence-corrected chi connectivity index (χ3v) is 14.3. The lowest BCUT2D eigenvalue weighted by Crippen LogP contribution is -2.47. The minimum atomic E-state index is -4.45. The lowest BCUT2D eigenvalue weighted by molar-refractivity contribution is -0.870. The molecule has 3 unspecified atom stereocenters. The number of hydrogen-bond donors (Lipinski definition) is 2. The molecule has 0 fully saturated rings. The molecular weight excluding hydrogens is 952 g/mol. The summed E-state index contributed by atoms with van der Waals surface area (Å²) < 4.78 is 30.6. The number of carbonyl (C=O) groups excluding carboxylic acids is 2. The highest BCUT2D eigenvalue weighted by Gasteiger charge is 2.30. The number of likely N-dealkylation sites (N-methyl/N-ethyl adjacent to an activating group) is 1. The van der Waals surface area contributed by atoms with Crippen molar-refractivity contribution in [2.24, 2.45) is 0 Å². The van der Waals surface area contributed by atoms with Gasteiger partial charge in [0.25, 0.3) is 0 Å². The summed E-state index contributed by atoms with van der Waals surface area (Å²) in [6, 6.07) is -0.855. The average Bonchev–Trinajstić information content (AvgIpc) is 3.37. The minimum absolute atomic E-state index is 0.0357. The van der Waals surface area contributed by atoms with Crippen molar-refractivity contribution in [3.63, 3.8) is 0 Å². The Hall–Kier alpha value is -2.81. The molecule has 0 aliphatic heterocycles. The van der Waals surface area contributed by atoms with E-state index >= 15 is 0 Å². The monoisotopic (exact) mass is 1070 g/mol. The molecule has 10 heteroatoms. The second-order valence-corrected chi connectivity index (χ2v) is 23.3. The van der Waals surface area contributed by atoms with E-state index in [1.54, 1.807) is 0 Å². The van der Waals surface area contributed by atoms with E-state index in [9.17, 15) is 19.0 Å². The third kappa shape index (κ3) is 55.7. The zero-order chi connectivity index (χ0) is 55.0. The zero-order valence-electron chi connectivity index (χ0n) is 49.5. The van der Waals surface area contributed by atoms with Gasteiger partial charge in [-0.3, -0.25) is 18.6 Å². The van der Waals surface area contributed by atoms with Crippen molar-refractivity contribution in [2.45, 2.75) is 277 Å². The normalized spacial score (nSPS) is 14.3. The van der Waals surface area contributed by atoms with E-state index in [1.807, 2.05) is 33.3 Å². The molecule has 0 saturated heterocycles. The van der Waals surface area contributed by atoms with Crippen LogP contribution in [0.2, 0.25) is 0 Å². The molecule has 75 heavy (non-hydrogen) atoms. The van der Waals surface area contributed by atoms with Crippen LogP contribution in [0.5, 0.6) is 0 Å². The molecule has 0 saturated carbocycles. The Balaban J connectivity index is 5.03. The second kappa shape index (κ2) is 54.5. The number of ether oxygens (including phenoxy) is 1. The van der Waals surface area contributed by atoms with E-state index in [2.05, 4.69) is 99.0 Å². The SMILES string of the molecule is CC/C=C\C/C=C\C/C=C\C/C=C\C/C=C\CCCCCCCCCCCCCC(=O)OC(/C=C\CCCCCCCCCCC)C(COP(=O)(O)OCC[N+](C)(C)C)NC(=O)CCCCCCC/C=C\CCCC. The quantitative estimate of drug-likeness (QED) is 0.0205. The lowest BCUT2D eigenvalue weighted by atomic mass is 10.0. The Bertz CT molecular complexity index is 1560. The van der Waals surface area contributed by atoms with Crippen LogP contribution in [-0.4, -0.2) is 74.3 Å². The number of phosphoric acid groups is 1. The smallest absolute Gasteiger partial charge is 0.456 e. The number of rotatable bonds is 55. The van der Waals surface area contributed by atoms with Crippen LogP contribution < -0.4 is 5.32 Å². The van der Waals surface area contributed by atoms with Gasteiger partial charge >= 0.3 is 13.8 Å².